The molecule has 0 radical (unpaired) electrons. The molecule has 124 valence electrons. The van der Waals surface area contributed by atoms with Crippen molar-refractivity contribution in [2.75, 3.05) is 26.2 Å². The van der Waals surface area contributed by atoms with E-state index in [9.17, 15) is 0 Å². The molecule has 0 amide bonds. The van der Waals surface area contributed by atoms with Crippen molar-refractivity contribution < 1.29 is 0 Å². The van der Waals surface area contributed by atoms with Crippen LogP contribution in [0.1, 0.15) is 11.4 Å². The number of imidazole rings is 1. The van der Waals surface area contributed by atoms with Crippen molar-refractivity contribution in [1.82, 2.24) is 19.8 Å². The van der Waals surface area contributed by atoms with Crippen molar-refractivity contribution in [2.24, 2.45) is 0 Å². The lowest BCUT2D eigenvalue weighted by Gasteiger charge is -2.34. The van der Waals surface area contributed by atoms with Gasteiger partial charge in [0, 0.05) is 37.7 Å². The molecular formula is C19H21ClN4. The van der Waals surface area contributed by atoms with Crippen molar-refractivity contribution in [2.45, 2.75) is 13.1 Å². The highest BCUT2D eigenvalue weighted by atomic mass is 35.5. The molecule has 3 aromatic rings. The fourth-order valence-electron chi connectivity index (χ4n) is 3.25. The van der Waals surface area contributed by atoms with Gasteiger partial charge in [0.15, 0.2) is 0 Å². The van der Waals surface area contributed by atoms with E-state index in [1.54, 1.807) is 0 Å². The van der Waals surface area contributed by atoms with Gasteiger partial charge in [0.05, 0.1) is 17.6 Å². The highest BCUT2D eigenvalue weighted by Gasteiger charge is 2.18. The van der Waals surface area contributed by atoms with Gasteiger partial charge in [0.1, 0.15) is 5.82 Å². The predicted octanol–water partition coefficient (Wildman–Crippen LogP) is 3.53. The number of rotatable bonds is 4. The Bertz CT molecular complexity index is 771. The van der Waals surface area contributed by atoms with Gasteiger partial charge >= 0.3 is 0 Å². The molecule has 0 spiro atoms. The van der Waals surface area contributed by atoms with E-state index in [1.807, 2.05) is 24.3 Å². The first-order chi connectivity index (χ1) is 11.8. The second-order valence-corrected chi connectivity index (χ2v) is 6.82. The van der Waals surface area contributed by atoms with E-state index < -0.39 is 0 Å². The maximum Gasteiger partial charge on any atom is 0.121 e. The Kier molecular flexibility index (Phi) is 4.52. The number of piperazine rings is 1. The molecule has 2 heterocycles. The summed E-state index contributed by atoms with van der Waals surface area (Å²) in [6.07, 6.45) is 0. The lowest BCUT2D eigenvalue weighted by atomic mass is 10.2. The molecule has 0 saturated carbocycles. The maximum absolute atomic E-state index is 5.95. The van der Waals surface area contributed by atoms with Crippen LogP contribution in [0.5, 0.6) is 0 Å². The zero-order chi connectivity index (χ0) is 16.4. The number of hydrogen-bond acceptors (Lipinski definition) is 3. The quantitative estimate of drug-likeness (QED) is 0.789. The second kappa shape index (κ2) is 6.93. The van der Waals surface area contributed by atoms with Crippen LogP contribution >= 0.6 is 11.6 Å². The van der Waals surface area contributed by atoms with Gasteiger partial charge in [-0.15, -0.1) is 0 Å². The van der Waals surface area contributed by atoms with Crippen LogP contribution in [0.3, 0.4) is 0 Å². The van der Waals surface area contributed by atoms with Crippen LogP contribution in [0.2, 0.25) is 5.02 Å². The summed E-state index contributed by atoms with van der Waals surface area (Å²) < 4.78 is 0. The number of nitrogens with zero attached hydrogens (tertiary/aromatic N) is 3. The molecule has 1 aliphatic rings. The van der Waals surface area contributed by atoms with Crippen molar-refractivity contribution in [3.8, 4) is 0 Å². The summed E-state index contributed by atoms with van der Waals surface area (Å²) in [4.78, 5) is 13.1. The number of fused-ring (bicyclic) bond motifs is 1. The van der Waals surface area contributed by atoms with E-state index in [0.717, 1.165) is 61.1 Å². The smallest absolute Gasteiger partial charge is 0.121 e. The van der Waals surface area contributed by atoms with Gasteiger partial charge in [-0.25, -0.2) is 4.98 Å². The summed E-state index contributed by atoms with van der Waals surface area (Å²) in [7, 11) is 0. The van der Waals surface area contributed by atoms with Crippen LogP contribution in [-0.4, -0.2) is 45.9 Å². The van der Waals surface area contributed by atoms with Crippen LogP contribution in [-0.2, 0) is 13.1 Å². The van der Waals surface area contributed by atoms with Crippen molar-refractivity contribution in [3.63, 3.8) is 0 Å². The Morgan fingerprint density at radius 3 is 2.25 bits per heavy atom. The minimum absolute atomic E-state index is 0.800. The van der Waals surface area contributed by atoms with E-state index in [4.69, 9.17) is 11.6 Å². The summed E-state index contributed by atoms with van der Waals surface area (Å²) in [5.74, 6) is 1.06. The second-order valence-electron chi connectivity index (χ2n) is 6.38. The van der Waals surface area contributed by atoms with Gasteiger partial charge in [0.25, 0.3) is 0 Å². The average Bonchev–Trinajstić information content (AvgIpc) is 3.01. The largest absolute Gasteiger partial charge is 0.341 e. The van der Waals surface area contributed by atoms with Gasteiger partial charge in [0.2, 0.25) is 0 Å². The monoisotopic (exact) mass is 340 g/mol. The number of benzene rings is 2. The Morgan fingerprint density at radius 1 is 0.875 bits per heavy atom. The summed E-state index contributed by atoms with van der Waals surface area (Å²) >= 11 is 5.95. The van der Waals surface area contributed by atoms with Gasteiger partial charge in [-0.3, -0.25) is 9.80 Å². The molecule has 1 N–H and O–H groups in total. The topological polar surface area (TPSA) is 35.2 Å². The predicted molar refractivity (Wildman–Crippen MR) is 98.1 cm³/mol. The molecule has 4 rings (SSSR count). The van der Waals surface area contributed by atoms with Crippen LogP contribution in [0, 0.1) is 0 Å². The Balaban J connectivity index is 1.31. The molecule has 2 aromatic carbocycles. The van der Waals surface area contributed by atoms with Gasteiger partial charge < -0.3 is 4.98 Å². The van der Waals surface area contributed by atoms with Crippen molar-refractivity contribution in [1.29, 1.82) is 0 Å². The highest BCUT2D eigenvalue weighted by molar-refractivity contribution is 6.30. The molecule has 1 fully saturated rings. The van der Waals surface area contributed by atoms with Crippen molar-refractivity contribution >= 4 is 22.6 Å². The molecule has 24 heavy (non-hydrogen) atoms. The van der Waals surface area contributed by atoms with E-state index in [0.29, 0.717) is 0 Å². The number of aromatic nitrogens is 2. The molecular weight excluding hydrogens is 320 g/mol. The number of hydrogen-bond donors (Lipinski definition) is 1. The van der Waals surface area contributed by atoms with Gasteiger partial charge in [-0.05, 0) is 29.8 Å². The third kappa shape index (κ3) is 3.61. The first-order valence-corrected chi connectivity index (χ1v) is 8.77. The lowest BCUT2D eigenvalue weighted by Crippen LogP contribution is -2.45. The molecule has 1 aromatic heterocycles. The zero-order valence-corrected chi connectivity index (χ0v) is 14.3. The Hall–Kier alpha value is -1.88. The first kappa shape index (κ1) is 15.6. The summed E-state index contributed by atoms with van der Waals surface area (Å²) in [6, 6.07) is 16.4. The van der Waals surface area contributed by atoms with Crippen LogP contribution in [0.15, 0.2) is 48.5 Å². The number of halogens is 1. The molecule has 4 nitrogen and oxygen atoms in total. The fourth-order valence-corrected chi connectivity index (χ4v) is 3.37. The van der Waals surface area contributed by atoms with E-state index >= 15 is 0 Å². The normalized spacial score (nSPS) is 16.7. The van der Waals surface area contributed by atoms with E-state index in [2.05, 4.69) is 44.0 Å². The molecule has 0 atom stereocenters. The van der Waals surface area contributed by atoms with Crippen LogP contribution in [0.25, 0.3) is 11.0 Å². The average molecular weight is 341 g/mol. The minimum atomic E-state index is 0.800. The number of para-hydroxylation sites is 2. The number of aromatic amines is 1. The third-order valence-corrected chi connectivity index (χ3v) is 4.85. The third-order valence-electron chi connectivity index (χ3n) is 4.60. The summed E-state index contributed by atoms with van der Waals surface area (Å²) in [6.45, 7) is 6.21. The molecule has 5 heteroatoms. The molecule has 1 aliphatic heterocycles. The Morgan fingerprint density at radius 2 is 1.54 bits per heavy atom. The van der Waals surface area contributed by atoms with Gasteiger partial charge in [-0.2, -0.15) is 0 Å². The van der Waals surface area contributed by atoms with E-state index in [-0.39, 0.29) is 0 Å². The summed E-state index contributed by atoms with van der Waals surface area (Å²) in [5.41, 5.74) is 3.49. The molecule has 0 unspecified atom stereocenters. The van der Waals surface area contributed by atoms with E-state index in [1.165, 1.54) is 5.56 Å². The fraction of sp³-hybridized carbons (Fsp3) is 0.316. The molecule has 0 bridgehead atoms. The highest BCUT2D eigenvalue weighted by Crippen LogP contribution is 2.15. The van der Waals surface area contributed by atoms with Crippen LogP contribution in [0.4, 0.5) is 0 Å². The summed E-state index contributed by atoms with van der Waals surface area (Å²) in [5, 5.41) is 0.800. The van der Waals surface area contributed by atoms with Gasteiger partial charge in [-0.1, -0.05) is 35.9 Å². The first-order valence-electron chi connectivity index (χ1n) is 8.39. The maximum atomic E-state index is 5.95. The number of H-pyrrole nitrogens is 1. The minimum Gasteiger partial charge on any atom is -0.341 e. The zero-order valence-electron chi connectivity index (χ0n) is 13.6. The SMILES string of the molecule is Clc1ccc(CN2CCN(Cc3nc4ccccc4[nH]3)CC2)cc1. The van der Waals surface area contributed by atoms with Crippen molar-refractivity contribution in [3.05, 3.63) is 64.9 Å². The lowest BCUT2D eigenvalue weighted by molar-refractivity contribution is 0.120. The Labute approximate surface area is 147 Å². The van der Waals surface area contributed by atoms with Crippen LogP contribution < -0.4 is 0 Å². The molecule has 0 aliphatic carbocycles. The standard InChI is InChI=1S/C19H21ClN4/c20-16-7-5-15(6-8-16)13-23-9-11-24(12-10-23)14-19-21-17-3-1-2-4-18(17)22-19/h1-8H,9-14H2,(H,21,22). The molecule has 1 saturated heterocycles. The number of nitrogens with one attached hydrogen (secondary N) is 1.